The van der Waals surface area contributed by atoms with Crippen LogP contribution in [-0.4, -0.2) is 84.5 Å². The predicted molar refractivity (Wildman–Crippen MR) is 134 cm³/mol. The number of esters is 2. The molecule has 10 heteroatoms. The second-order valence-corrected chi connectivity index (χ2v) is 11.4. The molecule has 0 saturated carbocycles. The normalized spacial score (nSPS) is 23.9. The van der Waals surface area contributed by atoms with Crippen LogP contribution >= 0.6 is 0 Å². The van der Waals surface area contributed by atoms with Gasteiger partial charge >= 0.3 is 24.1 Å². The molecule has 2 amide bonds. The molecule has 36 heavy (non-hydrogen) atoms. The fraction of sp³-hybridized carbons (Fsp3) is 0.846. The third-order valence-corrected chi connectivity index (χ3v) is 5.71. The second kappa shape index (κ2) is 13.1. The number of ether oxygens (including phenoxy) is 4. The van der Waals surface area contributed by atoms with Gasteiger partial charge in [-0.15, -0.1) is 0 Å². The molecule has 0 aromatic rings. The Balaban J connectivity index is 0.000000360. The van der Waals surface area contributed by atoms with Crippen LogP contribution in [0.4, 0.5) is 9.59 Å². The first-order chi connectivity index (χ1) is 16.5. The topological polar surface area (TPSA) is 112 Å². The standard InChI is InChI=1S/2C13H23NO4/c2*1-6-17-11(15)10-8-14(7-9(10)2)12(16)18-13(3,4)5/h2*9-10H,6-8H2,1-5H3/t2*9-,10+/m10/s1. The van der Waals surface area contributed by atoms with Crippen molar-refractivity contribution < 1.29 is 38.1 Å². The molecule has 0 unspecified atom stereocenters. The van der Waals surface area contributed by atoms with Crippen molar-refractivity contribution in [1.29, 1.82) is 0 Å². The number of carbonyl (C=O) groups excluding carboxylic acids is 4. The highest BCUT2D eigenvalue weighted by molar-refractivity contribution is 5.77. The first-order valence-electron chi connectivity index (χ1n) is 12.8. The summed E-state index contributed by atoms with van der Waals surface area (Å²) in [7, 11) is 0. The SMILES string of the molecule is CCOC(=O)[C@@H]1CN(C(=O)OC(C)(C)C)C[C@@H]1C.CCOC(=O)[C@H]1CN(C(=O)OC(C)(C)C)C[C@H]1C. The summed E-state index contributed by atoms with van der Waals surface area (Å²) in [5, 5.41) is 0. The molecule has 2 saturated heterocycles. The highest BCUT2D eigenvalue weighted by Crippen LogP contribution is 2.27. The molecule has 0 radical (unpaired) electrons. The Hall–Kier alpha value is -2.52. The number of rotatable bonds is 4. The monoisotopic (exact) mass is 514 g/mol. The molecule has 0 bridgehead atoms. The van der Waals surface area contributed by atoms with Gasteiger partial charge in [-0.2, -0.15) is 0 Å². The number of nitrogens with zero attached hydrogens (tertiary/aromatic N) is 2. The van der Waals surface area contributed by atoms with Crippen LogP contribution in [0.5, 0.6) is 0 Å². The minimum atomic E-state index is -0.512. The molecule has 2 rings (SSSR count). The van der Waals surface area contributed by atoms with Gasteiger partial charge in [-0.25, -0.2) is 9.59 Å². The molecule has 0 spiro atoms. The van der Waals surface area contributed by atoms with Crippen LogP contribution in [-0.2, 0) is 28.5 Å². The molecule has 2 heterocycles. The van der Waals surface area contributed by atoms with Crippen LogP contribution in [0.25, 0.3) is 0 Å². The maximum absolute atomic E-state index is 11.9. The van der Waals surface area contributed by atoms with E-state index in [9.17, 15) is 19.2 Å². The smallest absolute Gasteiger partial charge is 0.410 e. The Morgan fingerprint density at radius 1 is 0.639 bits per heavy atom. The van der Waals surface area contributed by atoms with Gasteiger partial charge in [0, 0.05) is 26.2 Å². The Kier molecular flexibility index (Phi) is 11.5. The van der Waals surface area contributed by atoms with E-state index in [-0.39, 0.29) is 47.8 Å². The van der Waals surface area contributed by atoms with E-state index in [0.717, 1.165) is 0 Å². The van der Waals surface area contributed by atoms with Gasteiger partial charge in [0.1, 0.15) is 11.2 Å². The lowest BCUT2D eigenvalue weighted by Crippen LogP contribution is -2.36. The van der Waals surface area contributed by atoms with Gasteiger partial charge in [-0.3, -0.25) is 9.59 Å². The Morgan fingerprint density at radius 2 is 0.944 bits per heavy atom. The number of likely N-dealkylation sites (tertiary alicyclic amines) is 2. The summed E-state index contributed by atoms with van der Waals surface area (Å²) in [5.74, 6) is -0.713. The average molecular weight is 515 g/mol. The van der Waals surface area contributed by atoms with Crippen LogP contribution in [0, 0.1) is 23.7 Å². The van der Waals surface area contributed by atoms with Crippen molar-refractivity contribution in [2.75, 3.05) is 39.4 Å². The number of hydrogen-bond donors (Lipinski definition) is 0. The lowest BCUT2D eigenvalue weighted by atomic mass is 9.99. The molecular weight excluding hydrogens is 468 g/mol. The summed E-state index contributed by atoms with van der Waals surface area (Å²) in [6.07, 6.45) is -0.720. The van der Waals surface area contributed by atoms with E-state index in [1.54, 1.807) is 23.6 Å². The number of carbonyl (C=O) groups is 4. The van der Waals surface area contributed by atoms with Gasteiger partial charge in [0.2, 0.25) is 0 Å². The molecule has 4 atom stereocenters. The zero-order valence-corrected chi connectivity index (χ0v) is 23.7. The van der Waals surface area contributed by atoms with Crippen LogP contribution in [0.1, 0.15) is 69.2 Å². The van der Waals surface area contributed by atoms with Gasteiger partial charge in [0.15, 0.2) is 0 Å². The minimum Gasteiger partial charge on any atom is -0.466 e. The van der Waals surface area contributed by atoms with E-state index < -0.39 is 11.2 Å². The highest BCUT2D eigenvalue weighted by atomic mass is 16.6. The molecule has 0 aliphatic carbocycles. The fourth-order valence-corrected chi connectivity index (χ4v) is 4.00. The molecular formula is C26H46N2O8. The van der Waals surface area contributed by atoms with Crippen molar-refractivity contribution in [2.45, 2.75) is 80.4 Å². The third kappa shape index (κ3) is 10.2. The quantitative estimate of drug-likeness (QED) is 0.407. The lowest BCUT2D eigenvalue weighted by Gasteiger charge is -2.24. The number of amides is 2. The molecule has 0 N–H and O–H groups in total. The summed E-state index contributed by atoms with van der Waals surface area (Å²) in [6, 6.07) is 0. The van der Waals surface area contributed by atoms with Gasteiger partial charge in [0.25, 0.3) is 0 Å². The molecule has 0 aromatic heterocycles. The van der Waals surface area contributed by atoms with Crippen molar-refractivity contribution in [2.24, 2.45) is 23.7 Å². The van der Waals surface area contributed by atoms with Crippen molar-refractivity contribution in [3.63, 3.8) is 0 Å². The van der Waals surface area contributed by atoms with Crippen molar-refractivity contribution in [3.8, 4) is 0 Å². The van der Waals surface area contributed by atoms with Crippen LogP contribution in [0.2, 0.25) is 0 Å². The summed E-state index contributed by atoms with van der Waals surface area (Å²) in [6.45, 7) is 21.0. The van der Waals surface area contributed by atoms with Crippen molar-refractivity contribution >= 4 is 24.1 Å². The van der Waals surface area contributed by atoms with Crippen molar-refractivity contribution in [1.82, 2.24) is 9.80 Å². The molecule has 2 aliphatic heterocycles. The molecule has 208 valence electrons. The Labute approximate surface area is 215 Å². The summed E-state index contributed by atoms with van der Waals surface area (Å²) < 4.78 is 20.6. The highest BCUT2D eigenvalue weighted by Gasteiger charge is 2.40. The van der Waals surface area contributed by atoms with E-state index in [1.165, 1.54) is 0 Å². The number of hydrogen-bond acceptors (Lipinski definition) is 8. The average Bonchev–Trinajstić information content (AvgIpc) is 3.29. The maximum atomic E-state index is 11.9. The van der Waals surface area contributed by atoms with E-state index in [1.807, 2.05) is 55.4 Å². The molecule has 10 nitrogen and oxygen atoms in total. The van der Waals surface area contributed by atoms with Crippen molar-refractivity contribution in [3.05, 3.63) is 0 Å². The van der Waals surface area contributed by atoms with E-state index in [2.05, 4.69) is 0 Å². The van der Waals surface area contributed by atoms with Crippen LogP contribution in [0.3, 0.4) is 0 Å². The summed E-state index contributed by atoms with van der Waals surface area (Å²) in [4.78, 5) is 50.3. The van der Waals surface area contributed by atoms with E-state index in [0.29, 0.717) is 39.4 Å². The second-order valence-electron chi connectivity index (χ2n) is 11.4. The minimum absolute atomic E-state index is 0.108. The lowest BCUT2D eigenvalue weighted by molar-refractivity contribution is -0.149. The molecule has 0 aromatic carbocycles. The van der Waals surface area contributed by atoms with Gasteiger partial charge in [-0.1, -0.05) is 13.8 Å². The Bertz CT molecular complexity index is 707. The van der Waals surface area contributed by atoms with E-state index in [4.69, 9.17) is 18.9 Å². The largest absolute Gasteiger partial charge is 0.466 e. The van der Waals surface area contributed by atoms with Crippen LogP contribution < -0.4 is 0 Å². The van der Waals surface area contributed by atoms with Gasteiger partial charge in [0.05, 0.1) is 25.0 Å². The first-order valence-corrected chi connectivity index (χ1v) is 12.8. The summed E-state index contributed by atoms with van der Waals surface area (Å²) in [5.41, 5.74) is -1.02. The summed E-state index contributed by atoms with van der Waals surface area (Å²) >= 11 is 0. The molecule has 2 fully saturated rings. The molecule has 2 aliphatic rings. The van der Waals surface area contributed by atoms with Gasteiger partial charge in [-0.05, 0) is 67.2 Å². The van der Waals surface area contributed by atoms with Crippen LogP contribution in [0.15, 0.2) is 0 Å². The third-order valence-electron chi connectivity index (χ3n) is 5.71. The Morgan fingerprint density at radius 3 is 1.19 bits per heavy atom. The first kappa shape index (κ1) is 31.5. The van der Waals surface area contributed by atoms with Gasteiger partial charge < -0.3 is 28.7 Å². The maximum Gasteiger partial charge on any atom is 0.410 e. The van der Waals surface area contributed by atoms with E-state index >= 15 is 0 Å². The zero-order chi connectivity index (χ0) is 27.8. The fourth-order valence-electron chi connectivity index (χ4n) is 4.00. The zero-order valence-electron chi connectivity index (χ0n) is 23.7. The predicted octanol–water partition coefficient (Wildman–Crippen LogP) is 4.11.